The van der Waals surface area contributed by atoms with Crippen LogP contribution in [-0.2, 0) is 28.8 Å². The molecular formula is C18H29N3O6. The summed E-state index contributed by atoms with van der Waals surface area (Å²) in [6.07, 6.45) is 1.05. The Balaban J connectivity index is 2.82. The smallest absolute Gasteiger partial charge is 0.335 e. The van der Waals surface area contributed by atoms with E-state index >= 15 is 0 Å². The van der Waals surface area contributed by atoms with E-state index in [-0.39, 0.29) is 37.0 Å². The molecule has 1 rings (SSSR count). The molecule has 1 aliphatic heterocycles. The molecular weight excluding hydrogens is 354 g/mol. The third kappa shape index (κ3) is 6.04. The standard InChI is InChI=1S/C18H29N3O6/c1-6-12(16(24)19-3)10-13(17(25)20(4)5)9-11(2)18(26)27-21-14(22)7-8-15(21)23/h11-13H,6-10H2,1-5H3,(H,19,24). The van der Waals surface area contributed by atoms with Crippen LogP contribution in [0.25, 0.3) is 0 Å². The normalized spacial score (nSPS) is 17.3. The van der Waals surface area contributed by atoms with Gasteiger partial charge in [0, 0.05) is 45.8 Å². The van der Waals surface area contributed by atoms with E-state index in [0.717, 1.165) is 0 Å². The summed E-state index contributed by atoms with van der Waals surface area (Å²) in [7, 11) is 4.76. The van der Waals surface area contributed by atoms with Gasteiger partial charge in [0.1, 0.15) is 0 Å². The Kier molecular flexibility index (Phi) is 8.39. The first kappa shape index (κ1) is 22.6. The fourth-order valence-corrected chi connectivity index (χ4v) is 3.03. The number of carbonyl (C=O) groups is 5. The van der Waals surface area contributed by atoms with Crippen LogP contribution in [0.4, 0.5) is 0 Å². The lowest BCUT2D eigenvalue weighted by molar-refractivity contribution is -0.200. The van der Waals surface area contributed by atoms with Gasteiger partial charge in [0.25, 0.3) is 11.8 Å². The largest absolute Gasteiger partial charge is 0.359 e. The molecule has 0 saturated carbocycles. The van der Waals surface area contributed by atoms with Gasteiger partial charge in [0.05, 0.1) is 5.92 Å². The van der Waals surface area contributed by atoms with E-state index in [9.17, 15) is 24.0 Å². The van der Waals surface area contributed by atoms with Crippen LogP contribution in [0, 0.1) is 17.8 Å². The first-order valence-corrected chi connectivity index (χ1v) is 9.12. The van der Waals surface area contributed by atoms with Crippen LogP contribution in [0.15, 0.2) is 0 Å². The molecule has 1 fully saturated rings. The zero-order valence-corrected chi connectivity index (χ0v) is 16.6. The molecule has 1 heterocycles. The fraction of sp³-hybridized carbons (Fsp3) is 0.722. The maximum atomic E-state index is 12.5. The van der Waals surface area contributed by atoms with E-state index in [2.05, 4.69) is 5.32 Å². The highest BCUT2D eigenvalue weighted by Gasteiger charge is 2.36. The lowest BCUT2D eigenvalue weighted by Crippen LogP contribution is -2.38. The second-order valence-electron chi connectivity index (χ2n) is 7.01. The van der Waals surface area contributed by atoms with Gasteiger partial charge in [-0.25, -0.2) is 4.79 Å². The number of amides is 4. The minimum atomic E-state index is -0.747. The molecule has 152 valence electrons. The SMILES string of the molecule is CCC(CC(CC(C)C(=O)ON1C(=O)CCC1=O)C(=O)N(C)C)C(=O)NC. The molecule has 9 nitrogen and oxygen atoms in total. The van der Waals surface area contributed by atoms with Gasteiger partial charge in [-0.2, -0.15) is 0 Å². The van der Waals surface area contributed by atoms with E-state index in [1.165, 1.54) is 11.9 Å². The van der Waals surface area contributed by atoms with Crippen LogP contribution in [0.1, 0.15) is 46.0 Å². The zero-order valence-electron chi connectivity index (χ0n) is 16.6. The van der Waals surface area contributed by atoms with E-state index in [1.54, 1.807) is 21.0 Å². The van der Waals surface area contributed by atoms with Crippen molar-refractivity contribution in [3.05, 3.63) is 0 Å². The summed E-state index contributed by atoms with van der Waals surface area (Å²) in [5.74, 6) is -3.82. The predicted octanol–water partition coefficient (Wildman–Crippen LogP) is 0.487. The minimum Gasteiger partial charge on any atom is -0.359 e. The quantitative estimate of drug-likeness (QED) is 0.580. The van der Waals surface area contributed by atoms with Crippen molar-refractivity contribution in [2.45, 2.75) is 46.0 Å². The molecule has 0 aromatic heterocycles. The highest BCUT2D eigenvalue weighted by molar-refractivity contribution is 6.01. The van der Waals surface area contributed by atoms with Crippen LogP contribution >= 0.6 is 0 Å². The average Bonchev–Trinajstić information content (AvgIpc) is 2.95. The van der Waals surface area contributed by atoms with Crippen molar-refractivity contribution in [1.82, 2.24) is 15.3 Å². The van der Waals surface area contributed by atoms with Gasteiger partial charge in [-0.3, -0.25) is 19.2 Å². The molecule has 1 N–H and O–H groups in total. The molecule has 3 unspecified atom stereocenters. The van der Waals surface area contributed by atoms with Crippen molar-refractivity contribution >= 4 is 29.6 Å². The highest BCUT2D eigenvalue weighted by atomic mass is 16.7. The van der Waals surface area contributed by atoms with Crippen molar-refractivity contribution in [3.63, 3.8) is 0 Å². The Bertz CT molecular complexity index is 588. The molecule has 9 heteroatoms. The van der Waals surface area contributed by atoms with E-state index in [4.69, 9.17) is 4.84 Å². The highest BCUT2D eigenvalue weighted by Crippen LogP contribution is 2.25. The van der Waals surface area contributed by atoms with E-state index < -0.39 is 29.6 Å². The Labute approximate surface area is 159 Å². The van der Waals surface area contributed by atoms with Crippen LogP contribution < -0.4 is 5.32 Å². The molecule has 0 radical (unpaired) electrons. The van der Waals surface area contributed by atoms with E-state index in [1.807, 2.05) is 6.92 Å². The fourth-order valence-electron chi connectivity index (χ4n) is 3.03. The predicted molar refractivity (Wildman–Crippen MR) is 95.6 cm³/mol. The van der Waals surface area contributed by atoms with Gasteiger partial charge >= 0.3 is 5.97 Å². The molecule has 0 spiro atoms. The Morgan fingerprint density at radius 3 is 2.11 bits per heavy atom. The summed E-state index contributed by atoms with van der Waals surface area (Å²) in [6, 6.07) is 0. The summed E-state index contributed by atoms with van der Waals surface area (Å²) < 4.78 is 0. The number of nitrogens with zero attached hydrogens (tertiary/aromatic N) is 2. The molecule has 0 aromatic carbocycles. The van der Waals surface area contributed by atoms with Gasteiger partial charge in [0.2, 0.25) is 11.8 Å². The summed E-state index contributed by atoms with van der Waals surface area (Å²) in [5.41, 5.74) is 0. The van der Waals surface area contributed by atoms with Crippen LogP contribution in [0.3, 0.4) is 0 Å². The van der Waals surface area contributed by atoms with Crippen LogP contribution in [0.2, 0.25) is 0 Å². The number of carbonyl (C=O) groups excluding carboxylic acids is 5. The third-order valence-corrected chi connectivity index (χ3v) is 4.70. The number of rotatable bonds is 9. The van der Waals surface area contributed by atoms with Crippen LogP contribution in [0.5, 0.6) is 0 Å². The number of imide groups is 1. The maximum absolute atomic E-state index is 12.5. The first-order chi connectivity index (χ1) is 12.6. The van der Waals surface area contributed by atoms with Crippen LogP contribution in [-0.4, -0.2) is 60.7 Å². The second kappa shape index (κ2) is 10.0. The molecule has 0 bridgehead atoms. The summed E-state index contributed by atoms with van der Waals surface area (Å²) >= 11 is 0. The molecule has 27 heavy (non-hydrogen) atoms. The average molecular weight is 383 g/mol. The van der Waals surface area contributed by atoms with Crippen molar-refractivity contribution < 1.29 is 28.8 Å². The lowest BCUT2D eigenvalue weighted by Gasteiger charge is -2.26. The number of hydrogen-bond donors (Lipinski definition) is 1. The summed E-state index contributed by atoms with van der Waals surface area (Å²) in [4.78, 5) is 66.3. The molecule has 3 atom stereocenters. The van der Waals surface area contributed by atoms with Crippen molar-refractivity contribution in [2.24, 2.45) is 17.8 Å². The van der Waals surface area contributed by atoms with Crippen molar-refractivity contribution in [1.29, 1.82) is 0 Å². The topological polar surface area (TPSA) is 113 Å². The first-order valence-electron chi connectivity index (χ1n) is 9.12. The van der Waals surface area contributed by atoms with E-state index in [0.29, 0.717) is 17.9 Å². The van der Waals surface area contributed by atoms with Crippen molar-refractivity contribution in [3.8, 4) is 0 Å². The number of hydrogen-bond acceptors (Lipinski definition) is 6. The molecule has 0 aliphatic carbocycles. The Morgan fingerprint density at radius 2 is 1.67 bits per heavy atom. The van der Waals surface area contributed by atoms with Gasteiger partial charge in [0.15, 0.2) is 0 Å². The molecule has 1 aliphatic rings. The molecule has 0 aromatic rings. The number of hydroxylamine groups is 2. The van der Waals surface area contributed by atoms with Gasteiger partial charge in [-0.1, -0.05) is 13.8 Å². The minimum absolute atomic E-state index is 0.0204. The van der Waals surface area contributed by atoms with Gasteiger partial charge in [-0.15, -0.1) is 5.06 Å². The maximum Gasteiger partial charge on any atom is 0.335 e. The zero-order chi connectivity index (χ0) is 20.7. The van der Waals surface area contributed by atoms with Gasteiger partial charge in [-0.05, 0) is 19.3 Å². The number of nitrogens with one attached hydrogen (secondary N) is 1. The molecule has 4 amide bonds. The summed E-state index contributed by atoms with van der Waals surface area (Å²) in [5, 5.41) is 3.09. The Hall–Kier alpha value is -2.45. The van der Waals surface area contributed by atoms with Crippen molar-refractivity contribution in [2.75, 3.05) is 21.1 Å². The lowest BCUT2D eigenvalue weighted by atomic mass is 9.85. The monoisotopic (exact) mass is 383 g/mol. The second-order valence-corrected chi connectivity index (χ2v) is 7.01. The Morgan fingerprint density at radius 1 is 1.11 bits per heavy atom. The van der Waals surface area contributed by atoms with Gasteiger partial charge < -0.3 is 15.1 Å². The third-order valence-electron chi connectivity index (χ3n) is 4.70. The summed E-state index contributed by atoms with van der Waals surface area (Å²) in [6.45, 7) is 3.43. The molecule has 1 saturated heterocycles.